The lowest BCUT2D eigenvalue weighted by Crippen LogP contribution is -2.24. The number of pyridine rings is 1. The fourth-order valence-corrected chi connectivity index (χ4v) is 1.15. The van der Waals surface area contributed by atoms with Crippen LogP contribution >= 0.6 is 0 Å². The van der Waals surface area contributed by atoms with Crippen molar-refractivity contribution in [2.45, 2.75) is 19.8 Å². The van der Waals surface area contributed by atoms with Crippen molar-refractivity contribution in [1.82, 2.24) is 10.3 Å². The Hall–Kier alpha value is -1.86. The summed E-state index contributed by atoms with van der Waals surface area (Å²) in [6.07, 6.45) is 2.90. The number of hydrogen-bond donors (Lipinski definition) is 2. The fraction of sp³-hybridized carbons (Fsp3) is 0.385. The van der Waals surface area contributed by atoms with Crippen LogP contribution in [0.2, 0.25) is 0 Å². The summed E-state index contributed by atoms with van der Waals surface area (Å²) in [4.78, 5) is 15.6. The van der Waals surface area contributed by atoms with Crippen LogP contribution in [-0.4, -0.2) is 29.1 Å². The Bertz CT molecular complexity index is 415. The van der Waals surface area contributed by atoms with Gasteiger partial charge in [-0.1, -0.05) is 18.8 Å². The second-order valence-electron chi connectivity index (χ2n) is 3.46. The van der Waals surface area contributed by atoms with Crippen LogP contribution in [0.5, 0.6) is 0 Å². The zero-order chi connectivity index (χ0) is 12.5. The number of amides is 1. The molecule has 4 heteroatoms. The fourth-order valence-electron chi connectivity index (χ4n) is 1.15. The van der Waals surface area contributed by atoms with Crippen molar-refractivity contribution in [2.75, 3.05) is 13.2 Å². The lowest BCUT2D eigenvalue weighted by Gasteiger charge is -2.01. The van der Waals surface area contributed by atoms with Gasteiger partial charge in [-0.25, -0.2) is 4.98 Å². The molecule has 0 atom stereocenters. The molecule has 0 saturated carbocycles. The van der Waals surface area contributed by atoms with Crippen molar-refractivity contribution in [3.8, 4) is 11.8 Å². The van der Waals surface area contributed by atoms with Gasteiger partial charge in [0.05, 0.1) is 6.61 Å². The van der Waals surface area contributed by atoms with Gasteiger partial charge >= 0.3 is 0 Å². The predicted molar refractivity (Wildman–Crippen MR) is 65.4 cm³/mol. The molecule has 0 aromatic carbocycles. The molecular formula is C13H16N2O2. The highest BCUT2D eigenvalue weighted by atomic mass is 16.2. The van der Waals surface area contributed by atoms with Gasteiger partial charge in [-0.3, -0.25) is 4.79 Å². The molecule has 1 heterocycles. The van der Waals surface area contributed by atoms with Crippen molar-refractivity contribution >= 4 is 5.91 Å². The summed E-state index contributed by atoms with van der Waals surface area (Å²) in [6, 6.07) is 3.40. The Labute approximate surface area is 101 Å². The van der Waals surface area contributed by atoms with E-state index >= 15 is 0 Å². The molecule has 0 radical (unpaired) electrons. The highest BCUT2D eigenvalue weighted by Crippen LogP contribution is 1.99. The molecule has 0 saturated heterocycles. The third kappa shape index (κ3) is 4.66. The van der Waals surface area contributed by atoms with Gasteiger partial charge < -0.3 is 10.4 Å². The number of carbonyl (C=O) groups is 1. The van der Waals surface area contributed by atoms with E-state index in [4.69, 9.17) is 5.11 Å². The second kappa shape index (κ2) is 7.42. The van der Waals surface area contributed by atoms with Crippen molar-refractivity contribution in [2.24, 2.45) is 0 Å². The zero-order valence-electron chi connectivity index (χ0n) is 9.86. The van der Waals surface area contributed by atoms with Crippen molar-refractivity contribution in [3.63, 3.8) is 0 Å². The number of aliphatic hydroxyl groups excluding tert-OH is 1. The third-order valence-corrected chi connectivity index (χ3v) is 2.00. The summed E-state index contributed by atoms with van der Waals surface area (Å²) in [5, 5.41) is 11.3. The molecule has 4 nitrogen and oxygen atoms in total. The van der Waals surface area contributed by atoms with Gasteiger partial charge in [-0.2, -0.15) is 0 Å². The number of nitrogens with one attached hydrogen (secondary N) is 1. The monoisotopic (exact) mass is 232 g/mol. The quantitative estimate of drug-likeness (QED) is 0.760. The largest absolute Gasteiger partial charge is 0.395 e. The minimum atomic E-state index is -0.165. The van der Waals surface area contributed by atoms with E-state index in [-0.39, 0.29) is 12.5 Å². The molecule has 1 amide bonds. The van der Waals surface area contributed by atoms with Crippen LogP contribution in [0.15, 0.2) is 18.3 Å². The van der Waals surface area contributed by atoms with Crippen LogP contribution < -0.4 is 5.32 Å². The average Bonchev–Trinajstić information content (AvgIpc) is 2.37. The van der Waals surface area contributed by atoms with Gasteiger partial charge in [0, 0.05) is 24.7 Å². The molecular weight excluding hydrogens is 216 g/mol. The van der Waals surface area contributed by atoms with Gasteiger partial charge in [0.1, 0.15) is 5.69 Å². The highest BCUT2D eigenvalue weighted by molar-refractivity contribution is 5.92. The van der Waals surface area contributed by atoms with Crippen molar-refractivity contribution in [1.29, 1.82) is 0 Å². The number of nitrogens with zero attached hydrogens (tertiary/aromatic N) is 1. The summed E-state index contributed by atoms with van der Waals surface area (Å²) in [6.45, 7) is 2.70. The molecule has 0 unspecified atom stereocenters. The van der Waals surface area contributed by atoms with Crippen molar-refractivity contribution in [3.05, 3.63) is 29.6 Å². The van der Waals surface area contributed by atoms with Gasteiger partial charge in [0.25, 0.3) is 5.91 Å². The lowest BCUT2D eigenvalue weighted by molar-refractivity contribution is 0.0948. The Morgan fingerprint density at radius 2 is 2.35 bits per heavy atom. The van der Waals surface area contributed by atoms with E-state index < -0.39 is 0 Å². The summed E-state index contributed by atoms with van der Waals surface area (Å²) in [5.41, 5.74) is 1.14. The first-order chi connectivity index (χ1) is 8.27. The van der Waals surface area contributed by atoms with Crippen LogP contribution in [0.3, 0.4) is 0 Å². The van der Waals surface area contributed by atoms with Crippen LogP contribution in [-0.2, 0) is 0 Å². The molecule has 0 fully saturated rings. The van der Waals surface area contributed by atoms with E-state index in [0.29, 0.717) is 18.7 Å². The van der Waals surface area contributed by atoms with E-state index in [1.807, 2.05) is 6.92 Å². The first kappa shape index (κ1) is 13.2. The maximum absolute atomic E-state index is 11.5. The molecule has 1 rings (SSSR count). The molecule has 0 aliphatic heterocycles. The second-order valence-corrected chi connectivity index (χ2v) is 3.46. The minimum Gasteiger partial charge on any atom is -0.395 e. The number of hydrogen-bond acceptors (Lipinski definition) is 3. The molecule has 0 bridgehead atoms. The number of rotatable bonds is 4. The summed E-state index contributed by atoms with van der Waals surface area (Å²) in [7, 11) is 0. The maximum Gasteiger partial charge on any atom is 0.269 e. The smallest absolute Gasteiger partial charge is 0.269 e. The third-order valence-electron chi connectivity index (χ3n) is 2.00. The average molecular weight is 232 g/mol. The molecule has 90 valence electrons. The van der Waals surface area contributed by atoms with Crippen LogP contribution in [0.25, 0.3) is 0 Å². The summed E-state index contributed by atoms with van der Waals surface area (Å²) >= 11 is 0. The number of aromatic nitrogens is 1. The molecule has 0 aliphatic carbocycles. The Balaban J connectivity index is 2.62. The Morgan fingerprint density at radius 1 is 1.53 bits per heavy atom. The predicted octanol–water partition coefficient (Wildman–Crippen LogP) is 0.955. The van der Waals surface area contributed by atoms with E-state index in [1.165, 1.54) is 0 Å². The Morgan fingerprint density at radius 3 is 2.94 bits per heavy atom. The van der Waals surface area contributed by atoms with E-state index in [1.54, 1.807) is 18.3 Å². The normalized spacial score (nSPS) is 9.29. The highest BCUT2D eigenvalue weighted by Gasteiger charge is 2.04. The first-order valence-electron chi connectivity index (χ1n) is 5.62. The van der Waals surface area contributed by atoms with E-state index in [9.17, 15) is 4.79 Å². The molecule has 0 spiro atoms. The summed E-state index contributed by atoms with van der Waals surface area (Å²) < 4.78 is 0. The number of carbonyl (C=O) groups excluding carboxylic acids is 1. The molecule has 17 heavy (non-hydrogen) atoms. The molecule has 2 N–H and O–H groups in total. The molecule has 0 aliphatic rings. The zero-order valence-corrected chi connectivity index (χ0v) is 9.86. The van der Waals surface area contributed by atoms with E-state index in [2.05, 4.69) is 22.1 Å². The first-order valence-corrected chi connectivity index (χ1v) is 5.62. The van der Waals surface area contributed by atoms with Gasteiger partial charge in [0.2, 0.25) is 0 Å². The molecule has 1 aromatic heterocycles. The Kier molecular flexibility index (Phi) is 5.76. The topological polar surface area (TPSA) is 62.2 Å². The number of aliphatic hydroxyl groups is 1. The van der Waals surface area contributed by atoms with Crippen molar-refractivity contribution < 1.29 is 9.90 Å². The van der Waals surface area contributed by atoms with Gasteiger partial charge in [-0.15, -0.1) is 0 Å². The lowest BCUT2D eigenvalue weighted by atomic mass is 10.2. The van der Waals surface area contributed by atoms with Gasteiger partial charge in [-0.05, 0) is 18.6 Å². The summed E-state index contributed by atoms with van der Waals surface area (Å²) in [5.74, 6) is 5.48. The van der Waals surface area contributed by atoms with Gasteiger partial charge in [0.15, 0.2) is 0 Å². The van der Waals surface area contributed by atoms with Crippen LogP contribution in [0.4, 0.5) is 0 Å². The van der Waals surface area contributed by atoms with Crippen LogP contribution in [0.1, 0.15) is 35.8 Å². The standard InChI is InChI=1S/C13H16N2O2/c1-2-8-14-13(17)12-7-6-11(10-15-12)5-3-4-9-16/h6-7,10,16H,2,4,8-9H2,1H3,(H,14,17). The SMILES string of the molecule is CCCNC(=O)c1ccc(C#CCCO)cn1. The van der Waals surface area contributed by atoms with E-state index in [0.717, 1.165) is 12.0 Å². The van der Waals surface area contributed by atoms with Crippen LogP contribution in [0, 0.1) is 11.8 Å². The minimum absolute atomic E-state index is 0.0535. The maximum atomic E-state index is 11.5. The molecule has 1 aromatic rings.